The normalized spacial score (nSPS) is 11.6. The minimum Gasteiger partial charge on any atom is -0.490 e. The molecule has 0 saturated carbocycles. The number of benzene rings is 4. The summed E-state index contributed by atoms with van der Waals surface area (Å²) in [6.45, 7) is 5.61. The van der Waals surface area contributed by atoms with Crippen LogP contribution in [0.3, 0.4) is 0 Å². The molecule has 0 aromatic heterocycles. The molecule has 0 bridgehead atoms. The molecule has 0 aliphatic carbocycles. The van der Waals surface area contributed by atoms with Gasteiger partial charge in [0.05, 0.1) is 29.1 Å². The first-order chi connectivity index (χ1) is 18.9. The molecule has 39 heavy (non-hydrogen) atoms. The number of nitriles is 1. The first-order valence-electron chi connectivity index (χ1n) is 13.0. The lowest BCUT2D eigenvalue weighted by atomic mass is 9.87. The Morgan fingerprint density at radius 3 is 2.23 bits per heavy atom. The van der Waals surface area contributed by atoms with Crippen molar-refractivity contribution in [1.82, 2.24) is 0 Å². The Bertz CT molecular complexity index is 1440. The molecule has 0 amide bonds. The quantitative estimate of drug-likeness (QED) is 0.195. The summed E-state index contributed by atoms with van der Waals surface area (Å²) in [5, 5.41) is 10.2. The van der Waals surface area contributed by atoms with Gasteiger partial charge in [0.1, 0.15) is 19.0 Å². The summed E-state index contributed by atoms with van der Waals surface area (Å²) >= 11 is 12.5. The van der Waals surface area contributed by atoms with E-state index >= 15 is 0 Å². The summed E-state index contributed by atoms with van der Waals surface area (Å²) in [6.07, 6.45) is 1.29. The molecule has 0 fully saturated rings. The standard InChI is InChI=1S/C33H32Cl2N2O2/c1-22-17-31(34)33(32(35)18-22)39-16-15-38-28-10-7-24(8-11-28)20-27(21-37)29-12-9-26(19-23(29)2)30-6-4-3-5-25(30)13-14-36/h3-12,17-19,27H,13,15-16,20-21,37H2,1-2H3/p+1. The molecule has 4 nitrogen and oxygen atoms in total. The Labute approximate surface area is 240 Å². The zero-order valence-corrected chi connectivity index (χ0v) is 23.9. The van der Waals surface area contributed by atoms with Crippen LogP contribution in [0.5, 0.6) is 11.5 Å². The number of aryl methyl sites for hydroxylation is 2. The third-order valence-corrected chi connectivity index (χ3v) is 7.36. The second kappa shape index (κ2) is 13.5. The molecule has 0 aliphatic rings. The highest BCUT2D eigenvalue weighted by Gasteiger charge is 2.17. The number of rotatable bonds is 11. The highest BCUT2D eigenvalue weighted by Crippen LogP contribution is 2.34. The van der Waals surface area contributed by atoms with Gasteiger partial charge in [-0.05, 0) is 83.5 Å². The molecule has 0 heterocycles. The van der Waals surface area contributed by atoms with E-state index in [4.69, 9.17) is 32.7 Å². The topological polar surface area (TPSA) is 69.9 Å². The summed E-state index contributed by atoms with van der Waals surface area (Å²) in [5.74, 6) is 1.57. The van der Waals surface area contributed by atoms with Crippen LogP contribution in [0.15, 0.2) is 78.9 Å². The van der Waals surface area contributed by atoms with Crippen molar-refractivity contribution in [2.75, 3.05) is 19.8 Å². The van der Waals surface area contributed by atoms with E-state index in [0.29, 0.717) is 41.3 Å². The fraction of sp³-hybridized carbons (Fsp3) is 0.242. The van der Waals surface area contributed by atoms with Gasteiger partial charge in [-0.15, -0.1) is 0 Å². The summed E-state index contributed by atoms with van der Waals surface area (Å²) in [6, 6.07) is 28.8. The van der Waals surface area contributed by atoms with Gasteiger partial charge in [-0.2, -0.15) is 5.26 Å². The SMILES string of the molecule is Cc1cc(Cl)c(OCCOc2ccc(CC(C[NH3+])c3ccc(-c4ccccc4CC#N)cc3C)cc2)c(Cl)c1. The van der Waals surface area contributed by atoms with Crippen molar-refractivity contribution in [3.05, 3.63) is 117 Å². The van der Waals surface area contributed by atoms with Gasteiger partial charge < -0.3 is 15.2 Å². The highest BCUT2D eigenvalue weighted by atomic mass is 35.5. The fourth-order valence-electron chi connectivity index (χ4n) is 4.84. The molecule has 4 aromatic carbocycles. The summed E-state index contributed by atoms with van der Waals surface area (Å²) in [5.41, 5.74) is 12.3. The van der Waals surface area contributed by atoms with Crippen LogP contribution >= 0.6 is 23.2 Å². The van der Waals surface area contributed by atoms with E-state index in [1.807, 2.05) is 49.4 Å². The van der Waals surface area contributed by atoms with Gasteiger partial charge in [0, 0.05) is 5.92 Å². The van der Waals surface area contributed by atoms with Gasteiger partial charge >= 0.3 is 0 Å². The number of quaternary nitrogens is 1. The van der Waals surface area contributed by atoms with E-state index in [-0.39, 0.29) is 0 Å². The minimum absolute atomic E-state index is 0.303. The third kappa shape index (κ3) is 7.34. The predicted octanol–water partition coefficient (Wildman–Crippen LogP) is 7.37. The molecular weight excluding hydrogens is 527 g/mol. The maximum atomic E-state index is 9.20. The lowest BCUT2D eigenvalue weighted by molar-refractivity contribution is -0.372. The van der Waals surface area contributed by atoms with E-state index in [1.165, 1.54) is 16.7 Å². The largest absolute Gasteiger partial charge is 0.490 e. The van der Waals surface area contributed by atoms with Crippen molar-refractivity contribution in [3.8, 4) is 28.7 Å². The average Bonchev–Trinajstić information content (AvgIpc) is 2.92. The van der Waals surface area contributed by atoms with Crippen molar-refractivity contribution in [1.29, 1.82) is 5.26 Å². The maximum absolute atomic E-state index is 9.20. The first-order valence-corrected chi connectivity index (χ1v) is 13.8. The van der Waals surface area contributed by atoms with Gasteiger partial charge in [-0.3, -0.25) is 0 Å². The van der Waals surface area contributed by atoms with Gasteiger partial charge in [0.15, 0.2) is 5.75 Å². The van der Waals surface area contributed by atoms with Crippen LogP contribution in [0.2, 0.25) is 10.0 Å². The molecule has 1 atom stereocenters. The van der Waals surface area contributed by atoms with Crippen LogP contribution in [0, 0.1) is 25.2 Å². The van der Waals surface area contributed by atoms with Crippen LogP contribution in [-0.2, 0) is 12.8 Å². The Morgan fingerprint density at radius 1 is 0.872 bits per heavy atom. The number of nitrogens with zero attached hydrogens (tertiary/aromatic N) is 1. The monoisotopic (exact) mass is 559 g/mol. The predicted molar refractivity (Wildman–Crippen MR) is 159 cm³/mol. The number of hydrogen-bond donors (Lipinski definition) is 1. The molecule has 0 aliphatic heterocycles. The Balaban J connectivity index is 1.36. The summed E-state index contributed by atoms with van der Waals surface area (Å²) in [7, 11) is 0. The lowest BCUT2D eigenvalue weighted by Crippen LogP contribution is -2.53. The maximum Gasteiger partial charge on any atom is 0.156 e. The molecule has 6 heteroatoms. The van der Waals surface area contributed by atoms with Crippen molar-refractivity contribution in [3.63, 3.8) is 0 Å². The van der Waals surface area contributed by atoms with E-state index in [9.17, 15) is 5.26 Å². The molecular formula is C33H33Cl2N2O2+. The zero-order chi connectivity index (χ0) is 27.8. The van der Waals surface area contributed by atoms with Crippen LogP contribution in [0.4, 0.5) is 0 Å². The molecule has 3 N–H and O–H groups in total. The molecule has 4 rings (SSSR count). The number of halogens is 2. The average molecular weight is 561 g/mol. The van der Waals surface area contributed by atoms with Crippen LogP contribution in [0.25, 0.3) is 11.1 Å². The second-order valence-corrected chi connectivity index (χ2v) is 10.5. The Morgan fingerprint density at radius 2 is 1.56 bits per heavy atom. The van der Waals surface area contributed by atoms with E-state index < -0.39 is 0 Å². The third-order valence-electron chi connectivity index (χ3n) is 6.80. The number of ether oxygens (including phenoxy) is 2. The Kier molecular flexibility index (Phi) is 9.90. The molecule has 4 aromatic rings. The van der Waals surface area contributed by atoms with Crippen molar-refractivity contribution >= 4 is 23.2 Å². The van der Waals surface area contributed by atoms with Crippen molar-refractivity contribution in [2.24, 2.45) is 0 Å². The van der Waals surface area contributed by atoms with Gasteiger partial charge in [-0.25, -0.2) is 0 Å². The van der Waals surface area contributed by atoms with Crippen LogP contribution in [-0.4, -0.2) is 19.8 Å². The van der Waals surface area contributed by atoms with Gasteiger partial charge in [0.2, 0.25) is 0 Å². The highest BCUT2D eigenvalue weighted by molar-refractivity contribution is 6.37. The molecule has 1 unspecified atom stereocenters. The van der Waals surface area contributed by atoms with Crippen LogP contribution in [0.1, 0.15) is 33.7 Å². The van der Waals surface area contributed by atoms with E-state index in [0.717, 1.165) is 41.0 Å². The smallest absolute Gasteiger partial charge is 0.156 e. The zero-order valence-electron chi connectivity index (χ0n) is 22.3. The van der Waals surface area contributed by atoms with Crippen molar-refractivity contribution < 1.29 is 15.2 Å². The van der Waals surface area contributed by atoms with E-state index in [2.05, 4.69) is 55.1 Å². The van der Waals surface area contributed by atoms with Gasteiger partial charge in [0.25, 0.3) is 0 Å². The second-order valence-electron chi connectivity index (χ2n) is 9.65. The molecule has 0 radical (unpaired) electrons. The molecule has 0 saturated heterocycles. The molecule has 0 spiro atoms. The minimum atomic E-state index is 0.303. The lowest BCUT2D eigenvalue weighted by Gasteiger charge is -2.18. The van der Waals surface area contributed by atoms with Crippen molar-refractivity contribution in [2.45, 2.75) is 32.6 Å². The van der Waals surface area contributed by atoms with Gasteiger partial charge in [-0.1, -0.05) is 77.8 Å². The molecule has 200 valence electrons. The number of hydrogen-bond acceptors (Lipinski definition) is 3. The summed E-state index contributed by atoms with van der Waals surface area (Å²) < 4.78 is 11.6. The fourth-order valence-corrected chi connectivity index (χ4v) is 5.55. The Hall–Kier alpha value is -3.49. The first kappa shape index (κ1) is 28.5. The summed E-state index contributed by atoms with van der Waals surface area (Å²) in [4.78, 5) is 0. The van der Waals surface area contributed by atoms with E-state index in [1.54, 1.807) is 0 Å². The van der Waals surface area contributed by atoms with Crippen LogP contribution < -0.4 is 15.2 Å².